The monoisotopic (exact) mass is 425 g/mol. The van der Waals surface area contributed by atoms with Crippen LogP contribution in [0.3, 0.4) is 0 Å². The number of anilines is 1. The number of nitrogens with zero attached hydrogens (tertiary/aromatic N) is 2. The quantitative estimate of drug-likeness (QED) is 0.556. The van der Waals surface area contributed by atoms with Crippen LogP contribution in [0.4, 0.5) is 5.13 Å². The Kier molecular flexibility index (Phi) is 5.93. The van der Waals surface area contributed by atoms with E-state index in [1.165, 1.54) is 23.1 Å². The smallest absolute Gasteiger partial charge is 0.248 e. The third kappa shape index (κ3) is 3.77. The number of aryl methyl sites for hydroxylation is 2. The van der Waals surface area contributed by atoms with Crippen LogP contribution < -0.4 is 5.32 Å². The van der Waals surface area contributed by atoms with Gasteiger partial charge in [-0.1, -0.05) is 48.9 Å². The van der Waals surface area contributed by atoms with E-state index in [1.807, 2.05) is 20.8 Å². The summed E-state index contributed by atoms with van der Waals surface area (Å²) in [4.78, 5) is 13.3. The van der Waals surface area contributed by atoms with Gasteiger partial charge >= 0.3 is 0 Å². The number of benzene rings is 1. The van der Waals surface area contributed by atoms with Crippen LogP contribution in [0.1, 0.15) is 43.7 Å². The van der Waals surface area contributed by atoms with Crippen LogP contribution in [-0.2, 0) is 14.6 Å². The van der Waals surface area contributed by atoms with E-state index in [1.54, 1.807) is 18.2 Å². The number of hydrogen-bond donors (Lipinski definition) is 1. The zero-order chi connectivity index (χ0) is 19.7. The molecular weight excluding hydrogens is 402 g/mol. The second-order valence-corrected chi connectivity index (χ2v) is 11.5. The molecule has 1 aromatic heterocycles. The molecule has 1 fully saturated rings. The van der Waals surface area contributed by atoms with E-state index in [0.29, 0.717) is 30.8 Å². The van der Waals surface area contributed by atoms with Gasteiger partial charge in [0.1, 0.15) is 0 Å². The van der Waals surface area contributed by atoms with Crippen molar-refractivity contribution in [1.82, 2.24) is 10.2 Å². The molecule has 1 N–H and O–H groups in total. The molecule has 6 nitrogen and oxygen atoms in total. The van der Waals surface area contributed by atoms with E-state index < -0.39 is 20.5 Å². The molecular formula is C18H23N3O3S3. The minimum atomic E-state index is -3.82. The Hall–Kier alpha value is -1.45. The fourth-order valence-electron chi connectivity index (χ4n) is 3.32. The molecule has 9 heteroatoms. The molecule has 0 unspecified atom stereocenters. The van der Waals surface area contributed by atoms with Gasteiger partial charge in [-0.3, -0.25) is 10.1 Å². The molecule has 0 radical (unpaired) electrons. The van der Waals surface area contributed by atoms with E-state index in [-0.39, 0.29) is 4.90 Å². The van der Waals surface area contributed by atoms with Gasteiger partial charge in [-0.2, -0.15) is 0 Å². The molecule has 1 aliphatic rings. The molecule has 0 bridgehead atoms. The normalized spacial score (nSPS) is 16.4. The van der Waals surface area contributed by atoms with Crippen molar-refractivity contribution < 1.29 is 13.2 Å². The first-order valence-electron chi connectivity index (χ1n) is 8.90. The topological polar surface area (TPSA) is 89.0 Å². The number of nitrogens with one attached hydrogen (secondary N) is 1. The molecule has 3 rings (SSSR count). The lowest BCUT2D eigenvalue weighted by Crippen LogP contribution is -2.47. The lowest BCUT2D eigenvalue weighted by Gasteiger charge is -2.27. The number of carbonyl (C=O) groups excluding carboxylic acids is 1. The molecule has 2 aromatic rings. The zero-order valence-electron chi connectivity index (χ0n) is 15.6. The van der Waals surface area contributed by atoms with Crippen molar-refractivity contribution in [2.75, 3.05) is 11.1 Å². The van der Waals surface area contributed by atoms with Crippen molar-refractivity contribution in [2.45, 2.75) is 60.4 Å². The van der Waals surface area contributed by atoms with E-state index >= 15 is 0 Å². The fraction of sp³-hybridized carbons (Fsp3) is 0.500. The maximum atomic E-state index is 13.5. The van der Waals surface area contributed by atoms with Crippen molar-refractivity contribution >= 4 is 44.0 Å². The highest BCUT2D eigenvalue weighted by molar-refractivity contribution is 8.01. The molecule has 1 aromatic carbocycles. The molecule has 1 heterocycles. The number of rotatable bonds is 6. The largest absolute Gasteiger partial charge is 0.299 e. The van der Waals surface area contributed by atoms with Gasteiger partial charge in [-0.15, -0.1) is 10.2 Å². The highest BCUT2D eigenvalue weighted by Gasteiger charge is 2.53. The Morgan fingerprint density at radius 1 is 1.22 bits per heavy atom. The van der Waals surface area contributed by atoms with E-state index in [2.05, 4.69) is 15.5 Å². The standard InChI is InChI=1S/C18H23N3O3S3/c1-4-25-17-21-20-16(26-17)19-15(22)18(9-5-6-10-18)27(23,24)14-8-7-12(2)13(3)11-14/h7-8,11H,4-6,9-10H2,1-3H3,(H,19,20,22). The minimum absolute atomic E-state index is 0.210. The number of aromatic nitrogens is 2. The summed E-state index contributed by atoms with van der Waals surface area (Å²) in [7, 11) is -3.82. The predicted octanol–water partition coefficient (Wildman–Crippen LogP) is 3.99. The van der Waals surface area contributed by atoms with Crippen LogP contribution in [0.25, 0.3) is 0 Å². The lowest BCUT2D eigenvalue weighted by molar-refractivity contribution is -0.118. The zero-order valence-corrected chi connectivity index (χ0v) is 18.1. The molecule has 0 atom stereocenters. The van der Waals surface area contributed by atoms with Gasteiger partial charge in [0.05, 0.1) is 4.90 Å². The summed E-state index contributed by atoms with van der Waals surface area (Å²) >= 11 is 2.80. The van der Waals surface area contributed by atoms with Crippen LogP contribution in [0, 0.1) is 13.8 Å². The number of amides is 1. The highest BCUT2D eigenvalue weighted by Crippen LogP contribution is 2.42. The lowest BCUT2D eigenvalue weighted by atomic mass is 10.1. The predicted molar refractivity (Wildman–Crippen MR) is 109 cm³/mol. The van der Waals surface area contributed by atoms with Crippen LogP contribution in [0.15, 0.2) is 27.4 Å². The van der Waals surface area contributed by atoms with Crippen LogP contribution in [0.2, 0.25) is 0 Å². The van der Waals surface area contributed by atoms with Crippen molar-refractivity contribution in [3.05, 3.63) is 29.3 Å². The average Bonchev–Trinajstić information content (AvgIpc) is 3.28. The summed E-state index contributed by atoms with van der Waals surface area (Å²) in [5.41, 5.74) is 1.92. The highest BCUT2D eigenvalue weighted by atomic mass is 32.2. The summed E-state index contributed by atoms with van der Waals surface area (Å²) in [6.45, 7) is 5.82. The molecule has 1 saturated carbocycles. The van der Waals surface area contributed by atoms with E-state index in [4.69, 9.17) is 0 Å². The van der Waals surface area contributed by atoms with Gasteiger partial charge in [-0.25, -0.2) is 8.42 Å². The van der Waals surface area contributed by atoms with E-state index in [9.17, 15) is 13.2 Å². The molecule has 0 spiro atoms. The Labute approximate surface area is 168 Å². The number of hydrogen-bond acceptors (Lipinski definition) is 7. The first-order chi connectivity index (χ1) is 12.8. The number of carbonyl (C=O) groups is 1. The summed E-state index contributed by atoms with van der Waals surface area (Å²) < 4.78 is 26.2. The van der Waals surface area contributed by atoms with Gasteiger partial charge < -0.3 is 0 Å². The third-order valence-corrected chi connectivity index (χ3v) is 9.37. The maximum Gasteiger partial charge on any atom is 0.248 e. The van der Waals surface area contributed by atoms with Crippen molar-refractivity contribution in [2.24, 2.45) is 0 Å². The first-order valence-corrected chi connectivity index (χ1v) is 12.2. The SMILES string of the molecule is CCSc1nnc(NC(=O)C2(S(=O)(=O)c3ccc(C)c(C)c3)CCCC2)s1. The Morgan fingerprint density at radius 3 is 2.56 bits per heavy atom. The fourth-order valence-corrected chi connectivity index (χ4v) is 7.12. The second-order valence-electron chi connectivity index (χ2n) is 6.71. The van der Waals surface area contributed by atoms with Gasteiger partial charge in [0.2, 0.25) is 11.0 Å². The van der Waals surface area contributed by atoms with Gasteiger partial charge in [0.15, 0.2) is 18.9 Å². The molecule has 27 heavy (non-hydrogen) atoms. The van der Waals surface area contributed by atoms with Gasteiger partial charge in [-0.05, 0) is 55.7 Å². The van der Waals surface area contributed by atoms with Crippen molar-refractivity contribution in [1.29, 1.82) is 0 Å². The van der Waals surface area contributed by atoms with E-state index in [0.717, 1.165) is 21.2 Å². The molecule has 0 saturated heterocycles. The summed E-state index contributed by atoms with van der Waals surface area (Å²) in [6.07, 6.45) is 2.07. The first kappa shape index (κ1) is 20.3. The molecule has 146 valence electrons. The van der Waals surface area contributed by atoms with Crippen LogP contribution in [-0.4, -0.2) is 35.0 Å². The molecule has 1 aliphatic carbocycles. The van der Waals surface area contributed by atoms with Gasteiger partial charge in [0.25, 0.3) is 0 Å². The second kappa shape index (κ2) is 7.89. The molecule has 0 aliphatic heterocycles. The Bertz CT molecular complexity index is 948. The average molecular weight is 426 g/mol. The Balaban J connectivity index is 1.94. The third-order valence-electron chi connectivity index (χ3n) is 5.02. The van der Waals surface area contributed by atoms with Crippen LogP contribution in [0.5, 0.6) is 0 Å². The number of sulfone groups is 1. The maximum absolute atomic E-state index is 13.5. The van der Waals surface area contributed by atoms with Crippen LogP contribution >= 0.6 is 23.1 Å². The van der Waals surface area contributed by atoms with Crippen molar-refractivity contribution in [3.8, 4) is 0 Å². The van der Waals surface area contributed by atoms with Gasteiger partial charge in [0, 0.05) is 0 Å². The summed E-state index contributed by atoms with van der Waals surface area (Å²) in [5, 5.41) is 11.1. The molecule has 1 amide bonds. The summed E-state index contributed by atoms with van der Waals surface area (Å²) in [6, 6.07) is 5.06. The summed E-state index contributed by atoms with van der Waals surface area (Å²) in [5.74, 6) is 0.357. The minimum Gasteiger partial charge on any atom is -0.299 e. The Morgan fingerprint density at radius 2 is 1.93 bits per heavy atom. The van der Waals surface area contributed by atoms with Crippen molar-refractivity contribution in [3.63, 3.8) is 0 Å². The number of thioether (sulfide) groups is 1.